The van der Waals surface area contributed by atoms with Gasteiger partial charge in [-0.2, -0.15) is 0 Å². The average Bonchev–Trinajstić information content (AvgIpc) is 2.90. The fourth-order valence-electron chi connectivity index (χ4n) is 1.73. The van der Waals surface area contributed by atoms with Gasteiger partial charge in [0.05, 0.1) is 6.54 Å². The molecule has 1 aliphatic heterocycles. The molecule has 1 aliphatic rings. The lowest BCUT2D eigenvalue weighted by Crippen LogP contribution is -2.41. The number of hydrogen-bond acceptors (Lipinski definition) is 4. The second kappa shape index (κ2) is 5.87. The van der Waals surface area contributed by atoms with Gasteiger partial charge in [0, 0.05) is 16.1 Å². The lowest BCUT2D eigenvalue weighted by atomic mass is 9.87. The zero-order valence-electron chi connectivity index (χ0n) is 11.8. The van der Waals surface area contributed by atoms with Gasteiger partial charge in [-0.15, -0.1) is 0 Å². The summed E-state index contributed by atoms with van der Waals surface area (Å²) in [5.41, 5.74) is -0.513. The predicted molar refractivity (Wildman–Crippen MR) is 83.8 cm³/mol. The van der Waals surface area contributed by atoms with Gasteiger partial charge in [0.1, 0.15) is 5.75 Å². The largest absolute Gasteiger partial charge is 0.475 e. The molecule has 2 rings (SSSR count). The number of rotatable bonds is 4. The number of nitrogens with zero attached hydrogens (tertiary/aromatic N) is 2. The maximum absolute atomic E-state index is 12.5. The quantitative estimate of drug-likeness (QED) is 0.846. The van der Waals surface area contributed by atoms with Gasteiger partial charge in [0.15, 0.2) is 11.6 Å². The van der Waals surface area contributed by atoms with Gasteiger partial charge >= 0.3 is 0 Å². The van der Waals surface area contributed by atoms with Gasteiger partial charge in [-0.25, -0.2) is 4.99 Å². The molecule has 4 nitrogen and oxygen atoms in total. The summed E-state index contributed by atoms with van der Waals surface area (Å²) in [4.78, 5) is 20.9. The standard InChI is InChI=1S/C15H17BrN2O2/c1-15(2,3)13(19)12(14-17-8-9-18-14)20-11-6-4-10(16)5-7-11/h4-8,12H,9H2,1-3H3. The molecule has 106 valence electrons. The Labute approximate surface area is 127 Å². The highest BCUT2D eigenvalue weighted by Crippen LogP contribution is 2.23. The van der Waals surface area contributed by atoms with E-state index in [1.165, 1.54) is 0 Å². The lowest BCUT2D eigenvalue weighted by molar-refractivity contribution is -0.130. The van der Waals surface area contributed by atoms with Crippen molar-refractivity contribution >= 4 is 33.8 Å². The maximum Gasteiger partial charge on any atom is 0.216 e. The van der Waals surface area contributed by atoms with E-state index in [4.69, 9.17) is 4.74 Å². The Balaban J connectivity index is 2.25. The smallest absolute Gasteiger partial charge is 0.216 e. The van der Waals surface area contributed by atoms with E-state index in [0.29, 0.717) is 18.1 Å². The van der Waals surface area contributed by atoms with E-state index in [-0.39, 0.29) is 5.78 Å². The molecule has 0 fully saturated rings. The van der Waals surface area contributed by atoms with Crippen molar-refractivity contribution in [2.24, 2.45) is 15.4 Å². The summed E-state index contributed by atoms with van der Waals surface area (Å²) in [6.07, 6.45) is 0.929. The molecule has 0 saturated heterocycles. The Bertz CT molecular complexity index is 556. The van der Waals surface area contributed by atoms with E-state index in [1.807, 2.05) is 45.0 Å². The molecule has 0 bridgehead atoms. The van der Waals surface area contributed by atoms with Gasteiger partial charge in [-0.3, -0.25) is 9.79 Å². The van der Waals surface area contributed by atoms with Crippen LogP contribution in [0.5, 0.6) is 5.75 Å². The van der Waals surface area contributed by atoms with Gasteiger partial charge in [0.2, 0.25) is 6.10 Å². The van der Waals surface area contributed by atoms with Crippen molar-refractivity contribution in [2.45, 2.75) is 26.9 Å². The summed E-state index contributed by atoms with van der Waals surface area (Å²) in [5, 5.41) is 0. The minimum absolute atomic E-state index is 0.0294. The molecule has 1 aromatic rings. The van der Waals surface area contributed by atoms with Crippen LogP contribution in [0.4, 0.5) is 0 Å². The van der Waals surface area contributed by atoms with E-state index >= 15 is 0 Å². The summed E-state index contributed by atoms with van der Waals surface area (Å²) in [5.74, 6) is 1.05. The van der Waals surface area contributed by atoms with Crippen LogP contribution in [0.15, 0.2) is 38.7 Å². The monoisotopic (exact) mass is 336 g/mol. The predicted octanol–water partition coefficient (Wildman–Crippen LogP) is 3.29. The molecule has 0 aromatic heterocycles. The second-order valence-corrected chi connectivity index (χ2v) is 6.49. The molecule has 1 atom stereocenters. The van der Waals surface area contributed by atoms with Crippen LogP contribution in [0.2, 0.25) is 0 Å². The first-order chi connectivity index (χ1) is 9.38. The van der Waals surface area contributed by atoms with E-state index in [2.05, 4.69) is 25.9 Å². The zero-order chi connectivity index (χ0) is 14.8. The third kappa shape index (κ3) is 3.54. The third-order valence-electron chi connectivity index (χ3n) is 2.84. The molecule has 1 aromatic carbocycles. The summed E-state index contributed by atoms with van der Waals surface area (Å²) >= 11 is 3.37. The molecular weight excluding hydrogens is 320 g/mol. The van der Waals surface area contributed by atoms with Crippen LogP contribution in [0.1, 0.15) is 20.8 Å². The molecule has 0 aliphatic carbocycles. The van der Waals surface area contributed by atoms with Crippen molar-refractivity contribution in [1.29, 1.82) is 0 Å². The first-order valence-corrected chi connectivity index (χ1v) is 7.20. The number of carbonyl (C=O) groups is 1. The van der Waals surface area contributed by atoms with Gasteiger partial charge in [-0.05, 0) is 24.3 Å². The fourth-order valence-corrected chi connectivity index (χ4v) is 1.99. The normalized spacial score (nSPS) is 15.9. The number of benzene rings is 1. The molecular formula is C15H17BrN2O2. The van der Waals surface area contributed by atoms with Gasteiger partial charge in [0.25, 0.3) is 0 Å². The van der Waals surface area contributed by atoms with E-state index < -0.39 is 11.5 Å². The van der Waals surface area contributed by atoms with Crippen molar-refractivity contribution in [3.8, 4) is 5.75 Å². The highest BCUT2D eigenvalue weighted by Gasteiger charge is 2.35. The molecule has 1 heterocycles. The molecule has 1 unspecified atom stereocenters. The minimum Gasteiger partial charge on any atom is -0.475 e. The maximum atomic E-state index is 12.5. The topological polar surface area (TPSA) is 51.0 Å². The highest BCUT2D eigenvalue weighted by atomic mass is 79.9. The Kier molecular flexibility index (Phi) is 4.38. The Morgan fingerprint density at radius 3 is 2.45 bits per heavy atom. The van der Waals surface area contributed by atoms with Crippen LogP contribution < -0.4 is 4.74 Å². The van der Waals surface area contributed by atoms with Crippen LogP contribution in [0.25, 0.3) is 0 Å². The molecule has 0 spiro atoms. The van der Waals surface area contributed by atoms with E-state index in [9.17, 15) is 4.79 Å². The number of halogens is 1. The van der Waals surface area contributed by atoms with Crippen LogP contribution >= 0.6 is 15.9 Å². The van der Waals surface area contributed by atoms with Crippen molar-refractivity contribution in [3.05, 3.63) is 28.7 Å². The summed E-state index contributed by atoms with van der Waals surface area (Å²) < 4.78 is 6.78. The Hall–Kier alpha value is -1.49. The molecule has 5 heteroatoms. The molecule has 0 saturated carbocycles. The minimum atomic E-state index is -0.755. The third-order valence-corrected chi connectivity index (χ3v) is 3.37. The number of Topliss-reactive ketones (excluding diaryl/α,β-unsaturated/α-hetero) is 1. The summed E-state index contributed by atoms with van der Waals surface area (Å²) in [6, 6.07) is 7.36. The van der Waals surface area contributed by atoms with Crippen molar-refractivity contribution in [3.63, 3.8) is 0 Å². The number of ketones is 1. The zero-order valence-corrected chi connectivity index (χ0v) is 13.3. The van der Waals surface area contributed by atoms with Crippen LogP contribution in [-0.2, 0) is 4.79 Å². The first-order valence-electron chi connectivity index (χ1n) is 6.41. The molecule has 0 amide bonds. The molecule has 0 N–H and O–H groups in total. The van der Waals surface area contributed by atoms with Crippen molar-refractivity contribution in [1.82, 2.24) is 0 Å². The van der Waals surface area contributed by atoms with Gasteiger partial charge < -0.3 is 4.74 Å². The Morgan fingerprint density at radius 1 is 1.30 bits per heavy atom. The fraction of sp³-hybridized carbons (Fsp3) is 0.400. The summed E-state index contributed by atoms with van der Waals surface area (Å²) in [7, 11) is 0. The van der Waals surface area contributed by atoms with Crippen molar-refractivity contribution < 1.29 is 9.53 Å². The number of ether oxygens (including phenoxy) is 1. The molecule has 20 heavy (non-hydrogen) atoms. The van der Waals surface area contributed by atoms with Crippen LogP contribution in [-0.4, -0.2) is 30.5 Å². The summed E-state index contributed by atoms with van der Waals surface area (Å²) in [6.45, 7) is 6.11. The van der Waals surface area contributed by atoms with Crippen LogP contribution in [0, 0.1) is 5.41 Å². The van der Waals surface area contributed by atoms with Crippen molar-refractivity contribution in [2.75, 3.05) is 6.54 Å². The average molecular weight is 337 g/mol. The first kappa shape index (κ1) is 14.9. The number of hydrogen-bond donors (Lipinski definition) is 0. The number of amidine groups is 1. The number of carbonyl (C=O) groups excluding carboxylic acids is 1. The number of aliphatic imine (C=N–C) groups is 2. The lowest BCUT2D eigenvalue weighted by Gasteiger charge is -2.24. The molecule has 0 radical (unpaired) electrons. The van der Waals surface area contributed by atoms with E-state index in [1.54, 1.807) is 6.21 Å². The second-order valence-electron chi connectivity index (χ2n) is 5.58. The van der Waals surface area contributed by atoms with Gasteiger partial charge in [-0.1, -0.05) is 36.7 Å². The van der Waals surface area contributed by atoms with Crippen LogP contribution in [0.3, 0.4) is 0 Å². The SMILES string of the molecule is CC(C)(C)C(=O)C(Oc1ccc(Br)cc1)C1=NCC=N1. The highest BCUT2D eigenvalue weighted by molar-refractivity contribution is 9.10. The Morgan fingerprint density at radius 2 is 1.95 bits per heavy atom. The van der Waals surface area contributed by atoms with E-state index in [0.717, 1.165) is 4.47 Å².